The molecule has 0 radical (unpaired) electrons. The van der Waals surface area contributed by atoms with Crippen molar-refractivity contribution in [2.45, 2.75) is 32.7 Å². The van der Waals surface area contributed by atoms with Gasteiger partial charge in [0.2, 0.25) is 0 Å². The van der Waals surface area contributed by atoms with Crippen LogP contribution in [0, 0.1) is 11.6 Å². The maximum atomic E-state index is 14.3. The number of pyridine rings is 1. The van der Waals surface area contributed by atoms with E-state index in [1.807, 2.05) is 0 Å². The van der Waals surface area contributed by atoms with Crippen LogP contribution in [0.5, 0.6) is 0 Å². The monoisotopic (exact) mass is 478 g/mol. The highest BCUT2D eigenvalue weighted by molar-refractivity contribution is 5.89. The summed E-state index contributed by atoms with van der Waals surface area (Å²) in [5, 5.41) is 8.70. The van der Waals surface area contributed by atoms with Crippen molar-refractivity contribution in [2.24, 2.45) is 5.11 Å². The molecule has 35 heavy (non-hydrogen) atoms. The lowest BCUT2D eigenvalue weighted by Gasteiger charge is -2.23. The number of nitrogens with zero attached hydrogens (tertiary/aromatic N) is 8. The third-order valence-corrected chi connectivity index (χ3v) is 5.44. The average molecular weight is 478 g/mol. The Hall–Kier alpha value is -4.44. The molecule has 0 saturated carbocycles. The number of hydrogen-bond acceptors (Lipinski definition) is 7. The van der Waals surface area contributed by atoms with Crippen LogP contribution in [-0.2, 0) is 21.5 Å². The summed E-state index contributed by atoms with van der Waals surface area (Å²) in [6.07, 6.45) is 2.93. The first-order valence-corrected chi connectivity index (χ1v) is 10.6. The van der Waals surface area contributed by atoms with Crippen LogP contribution in [0.4, 0.5) is 14.6 Å². The molecule has 0 amide bonds. The molecule has 1 aromatic carbocycles. The van der Waals surface area contributed by atoms with Gasteiger partial charge in [-0.3, -0.25) is 4.79 Å². The molecule has 0 unspecified atom stereocenters. The molecule has 0 fully saturated rings. The molecule has 4 rings (SSSR count). The van der Waals surface area contributed by atoms with Crippen LogP contribution in [0.2, 0.25) is 0 Å². The van der Waals surface area contributed by atoms with Gasteiger partial charge < -0.3 is 4.74 Å². The summed E-state index contributed by atoms with van der Waals surface area (Å²) in [4.78, 5) is 28.4. The first-order valence-electron chi connectivity index (χ1n) is 10.6. The van der Waals surface area contributed by atoms with E-state index in [2.05, 4.69) is 30.1 Å². The number of aromatic nitrogens is 5. The molecule has 0 spiro atoms. The first-order chi connectivity index (χ1) is 16.8. The molecule has 4 aromatic rings. The van der Waals surface area contributed by atoms with Gasteiger partial charge in [0.1, 0.15) is 11.5 Å². The zero-order valence-corrected chi connectivity index (χ0v) is 19.1. The molecule has 10 nitrogen and oxygen atoms in total. The molecule has 0 aliphatic heterocycles. The van der Waals surface area contributed by atoms with Gasteiger partial charge in [-0.05, 0) is 49.6 Å². The van der Waals surface area contributed by atoms with Gasteiger partial charge in [0, 0.05) is 28.4 Å². The van der Waals surface area contributed by atoms with Gasteiger partial charge >= 0.3 is 5.97 Å². The minimum atomic E-state index is -1.18. The number of carbonyl (C=O) groups is 1. The van der Waals surface area contributed by atoms with E-state index in [1.165, 1.54) is 23.0 Å². The number of carbonyl (C=O) groups excluding carboxylic acids is 1. The molecule has 0 aliphatic carbocycles. The van der Waals surface area contributed by atoms with E-state index < -0.39 is 23.0 Å². The number of ether oxygens (including phenoxy) is 1. The highest BCUT2D eigenvalue weighted by Crippen LogP contribution is 2.34. The van der Waals surface area contributed by atoms with Crippen molar-refractivity contribution in [2.75, 3.05) is 6.61 Å². The summed E-state index contributed by atoms with van der Waals surface area (Å²) in [7, 11) is 0. The molecular weight excluding hydrogens is 458 g/mol. The quantitative estimate of drug-likeness (QED) is 0.159. The van der Waals surface area contributed by atoms with Crippen molar-refractivity contribution in [1.82, 2.24) is 24.7 Å². The Morgan fingerprint density at radius 1 is 1.23 bits per heavy atom. The van der Waals surface area contributed by atoms with Crippen molar-refractivity contribution >= 4 is 22.8 Å². The van der Waals surface area contributed by atoms with E-state index in [0.717, 1.165) is 6.07 Å². The Morgan fingerprint density at radius 2 is 2.03 bits per heavy atom. The maximum Gasteiger partial charge on any atom is 0.316 e. The number of halogens is 2. The number of benzene rings is 1. The lowest BCUT2D eigenvalue weighted by atomic mass is 9.86. The fraction of sp³-hybridized carbons (Fsp3) is 0.261. The highest BCUT2D eigenvalue weighted by Gasteiger charge is 2.35. The fourth-order valence-corrected chi connectivity index (χ4v) is 3.58. The minimum Gasteiger partial charge on any atom is -0.465 e. The molecule has 3 heterocycles. The molecule has 0 atom stereocenters. The van der Waals surface area contributed by atoms with Crippen molar-refractivity contribution < 1.29 is 18.3 Å². The van der Waals surface area contributed by atoms with Crippen LogP contribution in [0.25, 0.3) is 33.0 Å². The topological polar surface area (TPSA) is 132 Å². The van der Waals surface area contributed by atoms with Gasteiger partial charge in [0.15, 0.2) is 23.1 Å². The van der Waals surface area contributed by atoms with E-state index >= 15 is 0 Å². The third-order valence-electron chi connectivity index (χ3n) is 5.44. The lowest BCUT2D eigenvalue weighted by Crippen LogP contribution is -2.31. The van der Waals surface area contributed by atoms with Crippen molar-refractivity contribution in [3.63, 3.8) is 0 Å². The average Bonchev–Trinajstić information content (AvgIpc) is 3.21. The van der Waals surface area contributed by atoms with Crippen LogP contribution in [0.1, 0.15) is 31.9 Å². The Morgan fingerprint density at radius 3 is 2.77 bits per heavy atom. The second kappa shape index (κ2) is 9.43. The van der Waals surface area contributed by atoms with Gasteiger partial charge in [-0.2, -0.15) is 5.10 Å². The smallest absolute Gasteiger partial charge is 0.316 e. The van der Waals surface area contributed by atoms with Gasteiger partial charge in [-0.15, -0.1) is 0 Å². The summed E-state index contributed by atoms with van der Waals surface area (Å²) >= 11 is 0. The zero-order valence-electron chi connectivity index (χ0n) is 19.1. The molecule has 0 aliphatic rings. The number of rotatable bonds is 7. The third kappa shape index (κ3) is 4.38. The predicted octanol–water partition coefficient (Wildman–Crippen LogP) is 5.00. The molecule has 0 saturated heterocycles. The largest absolute Gasteiger partial charge is 0.465 e. The van der Waals surface area contributed by atoms with Crippen molar-refractivity contribution in [1.29, 1.82) is 0 Å². The molecule has 12 heteroatoms. The van der Waals surface area contributed by atoms with E-state index in [9.17, 15) is 13.6 Å². The Balaban J connectivity index is 1.84. The van der Waals surface area contributed by atoms with Crippen molar-refractivity contribution in [3.05, 3.63) is 75.9 Å². The molecule has 3 aromatic heterocycles. The van der Waals surface area contributed by atoms with Gasteiger partial charge in [0.25, 0.3) is 0 Å². The van der Waals surface area contributed by atoms with Crippen LogP contribution in [-0.4, -0.2) is 37.3 Å². The Labute approximate surface area is 198 Å². The van der Waals surface area contributed by atoms with Gasteiger partial charge in [-0.1, -0.05) is 12.1 Å². The summed E-state index contributed by atoms with van der Waals surface area (Å²) in [5.74, 6) is -2.41. The fourth-order valence-electron chi connectivity index (χ4n) is 3.58. The first kappa shape index (κ1) is 23.7. The molecular formula is C23H20F2N8O2. The molecule has 0 N–H and O–H groups in total. The SMILES string of the molecule is CCOC(=O)C(C)(C)c1cnc(-c2nn(Cc3cccc(F)c3F)c3ncccc23)nc1N=[N+]=[N-]. The van der Waals surface area contributed by atoms with Crippen LogP contribution in [0.15, 0.2) is 47.8 Å². The van der Waals surface area contributed by atoms with E-state index in [-0.39, 0.29) is 35.9 Å². The van der Waals surface area contributed by atoms with E-state index in [1.54, 1.807) is 39.1 Å². The number of azide groups is 1. The van der Waals surface area contributed by atoms with Gasteiger partial charge in [0.05, 0.1) is 24.0 Å². The predicted molar refractivity (Wildman–Crippen MR) is 122 cm³/mol. The summed E-state index contributed by atoms with van der Waals surface area (Å²) in [6.45, 7) is 5.00. The molecule has 178 valence electrons. The summed E-state index contributed by atoms with van der Waals surface area (Å²) in [6, 6.07) is 7.32. The normalized spacial score (nSPS) is 11.3. The van der Waals surface area contributed by atoms with Crippen LogP contribution < -0.4 is 0 Å². The zero-order chi connectivity index (χ0) is 25.2. The van der Waals surface area contributed by atoms with Crippen LogP contribution >= 0.6 is 0 Å². The molecule has 0 bridgehead atoms. The maximum absolute atomic E-state index is 14.3. The second-order valence-corrected chi connectivity index (χ2v) is 8.06. The number of esters is 1. The second-order valence-electron chi connectivity index (χ2n) is 8.06. The van der Waals surface area contributed by atoms with Gasteiger partial charge in [-0.25, -0.2) is 28.4 Å². The highest BCUT2D eigenvalue weighted by atomic mass is 19.2. The number of fused-ring (bicyclic) bond motifs is 1. The lowest BCUT2D eigenvalue weighted by molar-refractivity contribution is -0.148. The number of hydrogen-bond donors (Lipinski definition) is 0. The Kier molecular flexibility index (Phi) is 6.39. The summed E-state index contributed by atoms with van der Waals surface area (Å²) < 4.78 is 34.5. The summed E-state index contributed by atoms with van der Waals surface area (Å²) in [5.41, 5.74) is 8.96. The van der Waals surface area contributed by atoms with Crippen LogP contribution in [0.3, 0.4) is 0 Å². The van der Waals surface area contributed by atoms with E-state index in [4.69, 9.17) is 10.3 Å². The van der Waals surface area contributed by atoms with Crippen molar-refractivity contribution in [3.8, 4) is 11.5 Å². The Bertz CT molecular complexity index is 1480. The van der Waals surface area contributed by atoms with E-state index in [0.29, 0.717) is 16.7 Å². The standard InChI is InChI=1S/C23H20F2N8O2/c1-4-35-22(34)23(2,3)15-11-28-20(29-19(15)30-32-26)18-14-8-6-10-27-21(14)33(31-18)12-13-7-5-9-16(24)17(13)25/h5-11H,4,12H2,1-3H3. The minimum absolute atomic E-state index is 0.0571.